The van der Waals surface area contributed by atoms with E-state index in [1.165, 1.54) is 0 Å². The van der Waals surface area contributed by atoms with Crippen LogP contribution in [0.5, 0.6) is 0 Å². The monoisotopic (exact) mass is 315 g/mol. The van der Waals surface area contributed by atoms with Crippen LogP contribution in [0.15, 0.2) is 24.4 Å². The standard InChI is InChI=1S/C16H17N3O2S/c1-10-17-8-14(22-10)9-18-16(21)13-3-4-15-12(7-13)5-6-19(15)11(2)20/h3-4,7-8H,5-6,9H2,1-2H3,(H,18,21). The first-order valence-corrected chi connectivity index (χ1v) is 7.97. The Hall–Kier alpha value is -2.21. The molecule has 0 saturated carbocycles. The quantitative estimate of drug-likeness (QED) is 0.945. The summed E-state index contributed by atoms with van der Waals surface area (Å²) in [6.07, 6.45) is 2.58. The zero-order valence-corrected chi connectivity index (χ0v) is 13.4. The van der Waals surface area contributed by atoms with E-state index in [1.807, 2.05) is 19.1 Å². The predicted molar refractivity (Wildman–Crippen MR) is 86.2 cm³/mol. The highest BCUT2D eigenvalue weighted by molar-refractivity contribution is 7.11. The third-order valence-corrected chi connectivity index (χ3v) is 4.62. The van der Waals surface area contributed by atoms with E-state index in [4.69, 9.17) is 0 Å². The molecule has 2 amide bonds. The number of anilines is 1. The first-order valence-electron chi connectivity index (χ1n) is 7.15. The number of fused-ring (bicyclic) bond motifs is 1. The van der Waals surface area contributed by atoms with Gasteiger partial charge >= 0.3 is 0 Å². The van der Waals surface area contributed by atoms with Crippen molar-refractivity contribution < 1.29 is 9.59 Å². The lowest BCUT2D eigenvalue weighted by Crippen LogP contribution is -2.25. The maximum Gasteiger partial charge on any atom is 0.251 e. The summed E-state index contributed by atoms with van der Waals surface area (Å²) in [5.41, 5.74) is 2.60. The first-order chi connectivity index (χ1) is 10.5. The zero-order valence-electron chi connectivity index (χ0n) is 12.5. The summed E-state index contributed by atoms with van der Waals surface area (Å²) >= 11 is 1.58. The van der Waals surface area contributed by atoms with E-state index in [2.05, 4.69) is 10.3 Å². The summed E-state index contributed by atoms with van der Waals surface area (Å²) < 4.78 is 0. The molecule has 3 rings (SSSR count). The Morgan fingerprint density at radius 1 is 1.41 bits per heavy atom. The van der Waals surface area contributed by atoms with Crippen LogP contribution >= 0.6 is 11.3 Å². The van der Waals surface area contributed by atoms with Gasteiger partial charge in [-0.15, -0.1) is 11.3 Å². The molecule has 114 valence electrons. The molecule has 2 aromatic rings. The number of carbonyl (C=O) groups excluding carboxylic acids is 2. The lowest BCUT2D eigenvalue weighted by atomic mass is 10.1. The van der Waals surface area contributed by atoms with Gasteiger partial charge in [-0.05, 0) is 37.1 Å². The lowest BCUT2D eigenvalue weighted by Gasteiger charge is -2.14. The van der Waals surface area contributed by atoms with Crippen LogP contribution in [-0.2, 0) is 17.8 Å². The molecule has 0 unspecified atom stereocenters. The minimum Gasteiger partial charge on any atom is -0.347 e. The fraction of sp³-hybridized carbons (Fsp3) is 0.312. The summed E-state index contributed by atoms with van der Waals surface area (Å²) in [6, 6.07) is 5.51. The summed E-state index contributed by atoms with van der Waals surface area (Å²) in [7, 11) is 0. The number of aromatic nitrogens is 1. The predicted octanol–water partition coefficient (Wildman–Crippen LogP) is 2.29. The molecule has 0 spiro atoms. The van der Waals surface area contributed by atoms with Gasteiger partial charge in [-0.1, -0.05) is 0 Å². The molecule has 1 aliphatic rings. The molecular weight excluding hydrogens is 298 g/mol. The number of hydrogen-bond donors (Lipinski definition) is 1. The average Bonchev–Trinajstić information content (AvgIpc) is 3.09. The highest BCUT2D eigenvalue weighted by Crippen LogP contribution is 2.28. The van der Waals surface area contributed by atoms with Crippen molar-refractivity contribution in [2.75, 3.05) is 11.4 Å². The molecule has 2 heterocycles. The second-order valence-corrected chi connectivity index (χ2v) is 6.61. The van der Waals surface area contributed by atoms with Crippen molar-refractivity contribution in [1.82, 2.24) is 10.3 Å². The van der Waals surface area contributed by atoms with Crippen LogP contribution in [0.2, 0.25) is 0 Å². The Morgan fingerprint density at radius 3 is 2.91 bits per heavy atom. The highest BCUT2D eigenvalue weighted by atomic mass is 32.1. The maximum atomic E-state index is 12.2. The number of amides is 2. The molecule has 0 bridgehead atoms. The number of rotatable bonds is 3. The SMILES string of the molecule is CC(=O)N1CCc2cc(C(=O)NCc3cnc(C)s3)ccc21. The van der Waals surface area contributed by atoms with Gasteiger partial charge < -0.3 is 10.2 Å². The number of thiazole rings is 1. The summed E-state index contributed by atoms with van der Waals surface area (Å²) in [6.45, 7) is 4.68. The molecule has 1 aliphatic heterocycles. The van der Waals surface area contributed by atoms with E-state index in [9.17, 15) is 9.59 Å². The second kappa shape index (κ2) is 5.88. The van der Waals surface area contributed by atoms with E-state index in [0.29, 0.717) is 18.7 Å². The van der Waals surface area contributed by atoms with E-state index in [1.54, 1.807) is 35.4 Å². The second-order valence-electron chi connectivity index (χ2n) is 5.29. The number of nitrogens with zero attached hydrogens (tertiary/aromatic N) is 2. The van der Waals surface area contributed by atoms with Crippen molar-refractivity contribution in [1.29, 1.82) is 0 Å². The number of benzene rings is 1. The highest BCUT2D eigenvalue weighted by Gasteiger charge is 2.23. The van der Waals surface area contributed by atoms with Gasteiger partial charge in [0.15, 0.2) is 0 Å². The molecule has 5 nitrogen and oxygen atoms in total. The topological polar surface area (TPSA) is 62.3 Å². The Bertz CT molecular complexity index is 739. The fourth-order valence-electron chi connectivity index (χ4n) is 2.63. The molecule has 0 fully saturated rings. The van der Waals surface area contributed by atoms with Crippen molar-refractivity contribution in [2.45, 2.75) is 26.8 Å². The Morgan fingerprint density at radius 2 is 2.23 bits per heavy atom. The normalized spacial score (nSPS) is 13.1. The molecule has 1 N–H and O–H groups in total. The van der Waals surface area contributed by atoms with Gasteiger partial charge in [0, 0.05) is 35.8 Å². The van der Waals surface area contributed by atoms with E-state index in [-0.39, 0.29) is 11.8 Å². The molecule has 1 aromatic carbocycles. The Balaban J connectivity index is 1.70. The number of aryl methyl sites for hydroxylation is 1. The van der Waals surface area contributed by atoms with Gasteiger partial charge in [0.25, 0.3) is 5.91 Å². The lowest BCUT2D eigenvalue weighted by molar-refractivity contribution is -0.116. The smallest absolute Gasteiger partial charge is 0.251 e. The Labute approximate surface area is 133 Å². The first kappa shape index (κ1) is 14.7. The van der Waals surface area contributed by atoms with Crippen molar-refractivity contribution in [3.63, 3.8) is 0 Å². The van der Waals surface area contributed by atoms with Crippen LogP contribution in [0.3, 0.4) is 0 Å². The van der Waals surface area contributed by atoms with Crippen LogP contribution in [0.1, 0.15) is 32.7 Å². The van der Waals surface area contributed by atoms with Gasteiger partial charge in [0.1, 0.15) is 0 Å². The molecule has 0 radical (unpaired) electrons. The molecule has 0 aliphatic carbocycles. The van der Waals surface area contributed by atoms with Crippen molar-refractivity contribution in [3.8, 4) is 0 Å². The third kappa shape index (κ3) is 2.87. The van der Waals surface area contributed by atoms with Crippen molar-refractivity contribution >= 4 is 28.8 Å². The van der Waals surface area contributed by atoms with Crippen LogP contribution in [0.4, 0.5) is 5.69 Å². The van der Waals surface area contributed by atoms with Gasteiger partial charge in [0.2, 0.25) is 5.91 Å². The number of carbonyl (C=O) groups is 2. The summed E-state index contributed by atoms with van der Waals surface area (Å²) in [5, 5.41) is 3.90. The van der Waals surface area contributed by atoms with Crippen LogP contribution in [-0.4, -0.2) is 23.3 Å². The molecule has 22 heavy (non-hydrogen) atoms. The minimum absolute atomic E-state index is 0.0384. The summed E-state index contributed by atoms with van der Waals surface area (Å²) in [4.78, 5) is 30.7. The van der Waals surface area contributed by atoms with E-state index < -0.39 is 0 Å². The summed E-state index contributed by atoms with van der Waals surface area (Å²) in [5.74, 6) is -0.0633. The van der Waals surface area contributed by atoms with Crippen molar-refractivity contribution in [3.05, 3.63) is 45.4 Å². The van der Waals surface area contributed by atoms with Gasteiger partial charge in [0.05, 0.1) is 11.6 Å². The molecular formula is C16H17N3O2S. The molecule has 1 aromatic heterocycles. The van der Waals surface area contributed by atoms with Gasteiger partial charge in [-0.25, -0.2) is 4.98 Å². The average molecular weight is 315 g/mol. The third-order valence-electron chi connectivity index (χ3n) is 3.71. The fourth-order valence-corrected chi connectivity index (χ4v) is 3.36. The van der Waals surface area contributed by atoms with Gasteiger partial charge in [-0.3, -0.25) is 9.59 Å². The number of hydrogen-bond acceptors (Lipinski definition) is 4. The van der Waals surface area contributed by atoms with E-state index in [0.717, 1.165) is 27.6 Å². The molecule has 0 atom stereocenters. The Kier molecular flexibility index (Phi) is 3.94. The number of nitrogens with one attached hydrogen (secondary N) is 1. The van der Waals surface area contributed by atoms with E-state index >= 15 is 0 Å². The largest absolute Gasteiger partial charge is 0.347 e. The minimum atomic E-state index is -0.102. The van der Waals surface area contributed by atoms with Crippen LogP contribution in [0, 0.1) is 6.92 Å². The van der Waals surface area contributed by atoms with Crippen molar-refractivity contribution in [2.24, 2.45) is 0 Å². The zero-order chi connectivity index (χ0) is 15.7. The van der Waals surface area contributed by atoms with Crippen LogP contribution in [0.25, 0.3) is 0 Å². The molecule has 0 saturated heterocycles. The van der Waals surface area contributed by atoms with Crippen LogP contribution < -0.4 is 10.2 Å². The molecule has 6 heteroatoms. The maximum absolute atomic E-state index is 12.2. The van der Waals surface area contributed by atoms with Gasteiger partial charge in [-0.2, -0.15) is 0 Å².